The fourth-order valence-corrected chi connectivity index (χ4v) is 3.97. The summed E-state index contributed by atoms with van der Waals surface area (Å²) in [6.07, 6.45) is 0. The van der Waals surface area contributed by atoms with Gasteiger partial charge in [0.15, 0.2) is 0 Å². The van der Waals surface area contributed by atoms with E-state index in [1.807, 2.05) is 6.07 Å². The van der Waals surface area contributed by atoms with E-state index in [2.05, 4.69) is 31.9 Å². The minimum Gasteiger partial charge on any atom is -0.207 e. The lowest BCUT2D eigenvalue weighted by atomic mass is 10.1. The Hall–Kier alpha value is 0.390. The monoisotopic (exact) mass is 416 g/mol. The van der Waals surface area contributed by atoms with Crippen molar-refractivity contribution in [3.05, 3.63) is 53.8 Å². The molecule has 1 aromatic heterocycles. The first kappa shape index (κ1) is 13.8. The van der Waals surface area contributed by atoms with Gasteiger partial charge in [0.05, 0.1) is 9.16 Å². The number of benzene rings is 1. The molecule has 0 N–H and O–H groups in total. The van der Waals surface area contributed by atoms with E-state index >= 15 is 0 Å². The molecule has 0 saturated heterocycles. The third-order valence-corrected chi connectivity index (χ3v) is 6.31. The number of rotatable bonds is 2. The van der Waals surface area contributed by atoms with Crippen LogP contribution < -0.4 is 0 Å². The quantitative estimate of drug-likeness (QED) is 0.495. The molecule has 0 bridgehead atoms. The molecule has 0 aliphatic rings. The zero-order chi connectivity index (χ0) is 12.6. The summed E-state index contributed by atoms with van der Waals surface area (Å²) in [6.45, 7) is 0. The molecule has 0 amide bonds. The van der Waals surface area contributed by atoms with Gasteiger partial charge in [-0.25, -0.2) is 4.39 Å². The van der Waals surface area contributed by atoms with Gasteiger partial charge in [0.25, 0.3) is 0 Å². The molecule has 0 aliphatic carbocycles. The first-order chi connectivity index (χ1) is 7.99. The molecule has 90 valence electrons. The van der Waals surface area contributed by atoms with Crippen molar-refractivity contribution in [1.29, 1.82) is 0 Å². The summed E-state index contributed by atoms with van der Waals surface area (Å²) in [7, 11) is 0. The third kappa shape index (κ3) is 3.04. The Morgan fingerprint density at radius 1 is 1.24 bits per heavy atom. The summed E-state index contributed by atoms with van der Waals surface area (Å²) in [4.78, 5) is 0.867. The van der Waals surface area contributed by atoms with Crippen LogP contribution in [0, 0.1) is 5.82 Å². The molecule has 1 heterocycles. The fourth-order valence-electron chi connectivity index (χ4n) is 1.35. The van der Waals surface area contributed by atoms with Crippen molar-refractivity contribution < 1.29 is 4.39 Å². The second-order valence-electron chi connectivity index (χ2n) is 3.30. The molecule has 0 nitrogen and oxygen atoms in total. The van der Waals surface area contributed by atoms with Crippen molar-refractivity contribution in [1.82, 2.24) is 0 Å². The molecule has 1 unspecified atom stereocenters. The van der Waals surface area contributed by atoms with Crippen LogP contribution in [0.5, 0.6) is 0 Å². The summed E-state index contributed by atoms with van der Waals surface area (Å²) in [6, 6.07) is 6.38. The van der Waals surface area contributed by atoms with Crippen molar-refractivity contribution in [3.63, 3.8) is 0 Å². The topological polar surface area (TPSA) is 0 Å². The van der Waals surface area contributed by atoms with Crippen LogP contribution in [-0.2, 0) is 0 Å². The lowest BCUT2D eigenvalue weighted by molar-refractivity contribution is 0.613. The van der Waals surface area contributed by atoms with E-state index in [0.29, 0.717) is 10.6 Å². The van der Waals surface area contributed by atoms with Crippen LogP contribution in [0.3, 0.4) is 0 Å². The van der Waals surface area contributed by atoms with Gasteiger partial charge in [0, 0.05) is 19.9 Å². The van der Waals surface area contributed by atoms with Crippen LogP contribution in [0.2, 0.25) is 5.02 Å². The lowest BCUT2D eigenvalue weighted by Crippen LogP contribution is -1.94. The van der Waals surface area contributed by atoms with Crippen LogP contribution in [-0.4, -0.2) is 0 Å². The number of hydrogen-bond acceptors (Lipinski definition) is 1. The molecule has 0 aliphatic heterocycles. The van der Waals surface area contributed by atoms with Crippen molar-refractivity contribution in [3.8, 4) is 0 Å². The van der Waals surface area contributed by atoms with Gasteiger partial charge in [-0.2, -0.15) is 0 Å². The zero-order valence-electron chi connectivity index (χ0n) is 8.18. The van der Waals surface area contributed by atoms with Gasteiger partial charge in [0.1, 0.15) is 5.82 Å². The van der Waals surface area contributed by atoms with Gasteiger partial charge >= 0.3 is 0 Å². The highest BCUT2D eigenvalue weighted by Crippen LogP contribution is 2.41. The molecule has 17 heavy (non-hydrogen) atoms. The van der Waals surface area contributed by atoms with Gasteiger partial charge in [-0.05, 0) is 50.1 Å². The first-order valence-corrected chi connectivity index (χ1v) is 7.74. The molecule has 0 radical (unpaired) electrons. The molecular formula is C11H5Br2Cl2FS. The first-order valence-electron chi connectivity index (χ1n) is 4.53. The third-order valence-electron chi connectivity index (χ3n) is 2.15. The van der Waals surface area contributed by atoms with E-state index < -0.39 is 11.2 Å². The van der Waals surface area contributed by atoms with E-state index in [1.165, 1.54) is 17.4 Å². The Morgan fingerprint density at radius 3 is 2.47 bits per heavy atom. The van der Waals surface area contributed by atoms with Crippen molar-refractivity contribution in [2.45, 2.75) is 5.38 Å². The standard InChI is InChI=1S/C11H5Br2Cl2FS/c12-7-4-9(17-11(7)13)10(15)6-2-1-5(14)3-8(6)16/h1-4,10H. The number of alkyl halides is 1. The van der Waals surface area contributed by atoms with Crippen LogP contribution in [0.25, 0.3) is 0 Å². The van der Waals surface area contributed by atoms with Crippen molar-refractivity contribution in [2.75, 3.05) is 0 Å². The summed E-state index contributed by atoms with van der Waals surface area (Å²) in [5, 5.41) is -0.150. The normalized spacial score (nSPS) is 12.8. The number of thiophene rings is 1. The van der Waals surface area contributed by atoms with Crippen LogP contribution in [0.1, 0.15) is 15.8 Å². The highest BCUT2D eigenvalue weighted by Gasteiger charge is 2.18. The molecule has 6 heteroatoms. The highest BCUT2D eigenvalue weighted by molar-refractivity contribution is 9.13. The van der Waals surface area contributed by atoms with Gasteiger partial charge in [-0.3, -0.25) is 0 Å². The van der Waals surface area contributed by atoms with E-state index in [4.69, 9.17) is 23.2 Å². The number of hydrogen-bond donors (Lipinski definition) is 0. The minimum atomic E-state index is -0.514. The van der Waals surface area contributed by atoms with E-state index in [1.54, 1.807) is 12.1 Å². The maximum Gasteiger partial charge on any atom is 0.129 e. The van der Waals surface area contributed by atoms with Crippen molar-refractivity contribution in [2.24, 2.45) is 0 Å². The van der Waals surface area contributed by atoms with Crippen LogP contribution in [0.15, 0.2) is 32.5 Å². The largest absolute Gasteiger partial charge is 0.207 e. The minimum absolute atomic E-state index is 0.364. The maximum absolute atomic E-state index is 13.7. The predicted molar refractivity (Wildman–Crippen MR) is 78.8 cm³/mol. The maximum atomic E-state index is 13.7. The summed E-state index contributed by atoms with van der Waals surface area (Å²) in [5.41, 5.74) is 0.428. The molecule has 0 fully saturated rings. The Kier molecular flexibility index (Phi) is 4.53. The average molecular weight is 419 g/mol. The van der Waals surface area contributed by atoms with Gasteiger partial charge < -0.3 is 0 Å². The fraction of sp³-hybridized carbons (Fsp3) is 0.0909. The smallest absolute Gasteiger partial charge is 0.129 e. The second-order valence-corrected chi connectivity index (χ2v) is 7.43. The van der Waals surface area contributed by atoms with E-state index in [-0.39, 0.29) is 0 Å². The summed E-state index contributed by atoms with van der Waals surface area (Å²) >= 11 is 20.2. The molecule has 2 rings (SSSR count). The number of halogens is 5. The van der Waals surface area contributed by atoms with E-state index in [9.17, 15) is 4.39 Å². The Labute approximate surface area is 129 Å². The SMILES string of the molecule is Fc1cc(Cl)ccc1C(Cl)c1cc(Br)c(Br)s1. The Morgan fingerprint density at radius 2 is 1.94 bits per heavy atom. The Balaban J connectivity index is 2.39. The van der Waals surface area contributed by atoms with Gasteiger partial charge in [-0.15, -0.1) is 22.9 Å². The van der Waals surface area contributed by atoms with Crippen LogP contribution >= 0.6 is 66.4 Å². The van der Waals surface area contributed by atoms with Crippen molar-refractivity contribution >= 4 is 66.4 Å². The predicted octanol–water partition coefficient (Wildman–Crippen LogP) is 6.39. The van der Waals surface area contributed by atoms with Gasteiger partial charge in [0.2, 0.25) is 0 Å². The molecule has 0 saturated carbocycles. The Bertz CT molecular complexity index is 537. The summed E-state index contributed by atoms with van der Waals surface area (Å²) in [5.74, 6) is -0.391. The highest BCUT2D eigenvalue weighted by atomic mass is 79.9. The summed E-state index contributed by atoms with van der Waals surface area (Å²) < 4.78 is 15.6. The van der Waals surface area contributed by atoms with Crippen LogP contribution in [0.4, 0.5) is 4.39 Å². The van der Waals surface area contributed by atoms with Gasteiger partial charge in [-0.1, -0.05) is 17.7 Å². The molecule has 2 aromatic rings. The van der Waals surface area contributed by atoms with E-state index in [0.717, 1.165) is 13.1 Å². The molecule has 1 atom stereocenters. The molecule has 1 aromatic carbocycles. The zero-order valence-corrected chi connectivity index (χ0v) is 13.7. The molecule has 0 spiro atoms. The lowest BCUT2D eigenvalue weighted by Gasteiger charge is -2.08. The second kappa shape index (κ2) is 5.57. The molecular weight excluding hydrogens is 414 g/mol. The average Bonchev–Trinajstić information content (AvgIpc) is 2.58.